The smallest absolute Gasteiger partial charge is 0.271 e. The summed E-state index contributed by atoms with van der Waals surface area (Å²) in [6.45, 7) is 1.98. The fourth-order valence-electron chi connectivity index (χ4n) is 1.52. The van der Waals surface area contributed by atoms with Crippen LogP contribution >= 0.6 is 0 Å². The zero-order chi connectivity index (χ0) is 12.4. The van der Waals surface area contributed by atoms with Gasteiger partial charge in [-0.15, -0.1) is 0 Å². The van der Waals surface area contributed by atoms with E-state index in [0.29, 0.717) is 5.69 Å². The Morgan fingerprint density at radius 3 is 2.76 bits per heavy atom. The first kappa shape index (κ1) is 11.1. The highest BCUT2D eigenvalue weighted by atomic mass is 16.1. The lowest BCUT2D eigenvalue weighted by atomic mass is 10.1. The van der Waals surface area contributed by atoms with Gasteiger partial charge in [0.2, 0.25) is 0 Å². The van der Waals surface area contributed by atoms with Gasteiger partial charge in [-0.3, -0.25) is 4.79 Å². The molecule has 0 aliphatic heterocycles. The first-order valence-electron chi connectivity index (χ1n) is 5.07. The molecule has 0 fully saturated rings. The van der Waals surface area contributed by atoms with E-state index >= 15 is 0 Å². The second-order valence-electron chi connectivity index (χ2n) is 3.72. The van der Waals surface area contributed by atoms with E-state index < -0.39 is 5.91 Å². The van der Waals surface area contributed by atoms with Crippen LogP contribution in [0.15, 0.2) is 30.5 Å². The summed E-state index contributed by atoms with van der Waals surface area (Å²) in [7, 11) is 0. The van der Waals surface area contributed by atoms with Crippen LogP contribution in [0, 0.1) is 6.92 Å². The number of nitrogen functional groups attached to an aromatic ring is 1. The van der Waals surface area contributed by atoms with Crippen LogP contribution in [0.25, 0.3) is 11.3 Å². The van der Waals surface area contributed by atoms with Gasteiger partial charge in [0.1, 0.15) is 0 Å². The van der Waals surface area contributed by atoms with Crippen molar-refractivity contribution in [3.05, 3.63) is 41.7 Å². The van der Waals surface area contributed by atoms with Gasteiger partial charge in [-0.05, 0) is 13.0 Å². The zero-order valence-corrected chi connectivity index (χ0v) is 9.34. The van der Waals surface area contributed by atoms with E-state index in [2.05, 4.69) is 9.97 Å². The second-order valence-corrected chi connectivity index (χ2v) is 3.72. The highest BCUT2D eigenvalue weighted by Gasteiger charge is 2.11. The van der Waals surface area contributed by atoms with Crippen LogP contribution in [0.1, 0.15) is 16.1 Å². The Kier molecular flexibility index (Phi) is 2.74. The topological polar surface area (TPSA) is 94.9 Å². The molecule has 0 aliphatic rings. The van der Waals surface area contributed by atoms with Gasteiger partial charge in [-0.25, -0.2) is 9.97 Å². The fraction of sp³-hybridized carbons (Fsp3) is 0.0833. The van der Waals surface area contributed by atoms with Gasteiger partial charge in [0.05, 0.1) is 11.9 Å². The largest absolute Gasteiger partial charge is 0.382 e. The van der Waals surface area contributed by atoms with Gasteiger partial charge in [-0.2, -0.15) is 0 Å². The molecule has 86 valence electrons. The molecule has 0 saturated carbocycles. The highest BCUT2D eigenvalue weighted by Crippen LogP contribution is 2.19. The zero-order valence-electron chi connectivity index (χ0n) is 9.34. The molecule has 0 radical (unpaired) electrons. The van der Waals surface area contributed by atoms with E-state index in [-0.39, 0.29) is 11.5 Å². The Morgan fingerprint density at radius 1 is 1.35 bits per heavy atom. The van der Waals surface area contributed by atoms with Crippen molar-refractivity contribution in [3.8, 4) is 11.3 Å². The van der Waals surface area contributed by atoms with Crippen molar-refractivity contribution in [2.24, 2.45) is 5.73 Å². The van der Waals surface area contributed by atoms with Crippen LogP contribution in [0.2, 0.25) is 0 Å². The summed E-state index contributed by atoms with van der Waals surface area (Å²) < 4.78 is 0. The van der Waals surface area contributed by atoms with E-state index in [9.17, 15) is 4.79 Å². The van der Waals surface area contributed by atoms with Crippen LogP contribution in [0.4, 0.5) is 5.82 Å². The predicted octanol–water partition coefficient (Wildman–Crippen LogP) is 1.13. The molecule has 0 saturated heterocycles. The van der Waals surface area contributed by atoms with E-state index in [0.717, 1.165) is 11.1 Å². The molecule has 5 nitrogen and oxygen atoms in total. The second kappa shape index (κ2) is 4.21. The van der Waals surface area contributed by atoms with Gasteiger partial charge in [0.15, 0.2) is 11.5 Å². The quantitative estimate of drug-likeness (QED) is 0.805. The number of rotatable bonds is 2. The molecule has 4 N–H and O–H groups in total. The number of carbonyl (C=O) groups is 1. The van der Waals surface area contributed by atoms with E-state index in [1.165, 1.54) is 6.20 Å². The van der Waals surface area contributed by atoms with Gasteiger partial charge in [0.25, 0.3) is 5.91 Å². The highest BCUT2D eigenvalue weighted by molar-refractivity contribution is 5.95. The first-order chi connectivity index (χ1) is 8.08. The predicted molar refractivity (Wildman–Crippen MR) is 65.1 cm³/mol. The molecular formula is C12H12N4O. The third kappa shape index (κ3) is 2.23. The van der Waals surface area contributed by atoms with Crippen LogP contribution in [-0.4, -0.2) is 15.9 Å². The van der Waals surface area contributed by atoms with Crippen molar-refractivity contribution >= 4 is 11.7 Å². The molecule has 5 heteroatoms. The molecule has 2 rings (SSSR count). The minimum atomic E-state index is -0.676. The Morgan fingerprint density at radius 2 is 2.12 bits per heavy atom. The Bertz CT molecular complexity index is 580. The Labute approximate surface area is 98.5 Å². The number of benzene rings is 1. The van der Waals surface area contributed by atoms with Crippen LogP contribution in [0.5, 0.6) is 0 Å². The van der Waals surface area contributed by atoms with Crippen molar-refractivity contribution in [1.29, 1.82) is 0 Å². The standard InChI is InChI=1S/C12H12N4O/c1-7-3-2-4-8(5-7)9-6-15-11(13)10(16-9)12(14)17/h2-6H,1H3,(H2,13,15)(H2,14,17). The third-order valence-electron chi connectivity index (χ3n) is 2.35. The minimum Gasteiger partial charge on any atom is -0.382 e. The van der Waals surface area contributed by atoms with Gasteiger partial charge in [-0.1, -0.05) is 23.8 Å². The number of hydrogen-bond acceptors (Lipinski definition) is 4. The van der Waals surface area contributed by atoms with E-state index in [1.807, 2.05) is 31.2 Å². The lowest BCUT2D eigenvalue weighted by Gasteiger charge is -2.05. The molecule has 0 spiro atoms. The maximum atomic E-state index is 11.1. The summed E-state index contributed by atoms with van der Waals surface area (Å²) in [6, 6.07) is 7.72. The molecule has 0 bridgehead atoms. The number of nitrogens with zero attached hydrogens (tertiary/aromatic N) is 2. The maximum Gasteiger partial charge on any atom is 0.271 e. The Balaban J connectivity index is 2.54. The number of anilines is 1. The monoisotopic (exact) mass is 228 g/mol. The van der Waals surface area contributed by atoms with Crippen molar-refractivity contribution < 1.29 is 4.79 Å². The van der Waals surface area contributed by atoms with Gasteiger partial charge in [0, 0.05) is 5.56 Å². The lowest BCUT2D eigenvalue weighted by Crippen LogP contribution is -2.17. The molecule has 1 aromatic heterocycles. The number of amides is 1. The van der Waals surface area contributed by atoms with Gasteiger partial charge < -0.3 is 11.5 Å². The number of nitrogens with two attached hydrogens (primary N) is 2. The Hall–Kier alpha value is -2.43. The number of aryl methyl sites for hydroxylation is 1. The van der Waals surface area contributed by atoms with Crippen molar-refractivity contribution in [2.75, 3.05) is 5.73 Å². The SMILES string of the molecule is Cc1cccc(-c2cnc(N)c(C(N)=O)n2)c1. The number of carbonyl (C=O) groups excluding carboxylic acids is 1. The van der Waals surface area contributed by atoms with E-state index in [1.54, 1.807) is 0 Å². The maximum absolute atomic E-state index is 11.1. The molecule has 1 aromatic carbocycles. The summed E-state index contributed by atoms with van der Waals surface area (Å²) in [4.78, 5) is 19.2. The third-order valence-corrected chi connectivity index (χ3v) is 2.35. The average Bonchev–Trinajstić information content (AvgIpc) is 2.29. The molecule has 1 amide bonds. The summed E-state index contributed by atoms with van der Waals surface area (Å²) in [5.41, 5.74) is 13.3. The van der Waals surface area contributed by atoms with E-state index in [4.69, 9.17) is 11.5 Å². The summed E-state index contributed by atoms with van der Waals surface area (Å²) in [5, 5.41) is 0. The fourth-order valence-corrected chi connectivity index (χ4v) is 1.52. The lowest BCUT2D eigenvalue weighted by molar-refractivity contribution is 0.0996. The average molecular weight is 228 g/mol. The van der Waals surface area contributed by atoms with Crippen LogP contribution < -0.4 is 11.5 Å². The normalized spacial score (nSPS) is 10.2. The number of aromatic nitrogens is 2. The molecule has 1 heterocycles. The number of hydrogen-bond donors (Lipinski definition) is 2. The van der Waals surface area contributed by atoms with Crippen molar-refractivity contribution in [2.45, 2.75) is 6.92 Å². The van der Waals surface area contributed by atoms with Crippen molar-refractivity contribution in [3.63, 3.8) is 0 Å². The van der Waals surface area contributed by atoms with Gasteiger partial charge >= 0.3 is 0 Å². The van der Waals surface area contributed by atoms with Crippen LogP contribution in [0.3, 0.4) is 0 Å². The minimum absolute atomic E-state index is 0.00371. The molecule has 0 aliphatic carbocycles. The summed E-state index contributed by atoms with van der Waals surface area (Å²) in [5.74, 6) is -0.626. The molecule has 2 aromatic rings. The summed E-state index contributed by atoms with van der Waals surface area (Å²) in [6.07, 6.45) is 1.52. The first-order valence-corrected chi connectivity index (χ1v) is 5.07. The molecular weight excluding hydrogens is 216 g/mol. The molecule has 0 unspecified atom stereocenters. The molecule has 17 heavy (non-hydrogen) atoms. The van der Waals surface area contributed by atoms with Crippen LogP contribution in [-0.2, 0) is 0 Å². The van der Waals surface area contributed by atoms with Crippen molar-refractivity contribution in [1.82, 2.24) is 9.97 Å². The number of primary amides is 1. The summed E-state index contributed by atoms with van der Waals surface area (Å²) >= 11 is 0. The molecule has 0 atom stereocenters.